The monoisotopic (exact) mass is 375 g/mol. The predicted molar refractivity (Wildman–Crippen MR) is 103 cm³/mol. The van der Waals surface area contributed by atoms with Crippen molar-refractivity contribution in [3.63, 3.8) is 0 Å². The quantitative estimate of drug-likeness (QED) is 0.682. The topological polar surface area (TPSA) is 98.7 Å². The fourth-order valence-electron chi connectivity index (χ4n) is 3.47. The number of hydrogen-bond acceptors (Lipinski definition) is 3. The number of nitrogens with zero attached hydrogens (tertiary/aromatic N) is 1. The van der Waals surface area contributed by atoms with E-state index >= 15 is 0 Å². The van der Waals surface area contributed by atoms with Crippen LogP contribution in [0.4, 0.5) is 10.5 Å². The van der Waals surface area contributed by atoms with Crippen molar-refractivity contribution >= 4 is 23.6 Å². The van der Waals surface area contributed by atoms with Gasteiger partial charge in [-0.25, -0.2) is 4.79 Å². The molecule has 7 nitrogen and oxygen atoms in total. The summed E-state index contributed by atoms with van der Waals surface area (Å²) in [7, 11) is 0. The van der Waals surface area contributed by atoms with E-state index in [2.05, 4.69) is 10.6 Å². The molecule has 0 spiro atoms. The summed E-state index contributed by atoms with van der Waals surface area (Å²) in [5.74, 6) is -1.42. The van der Waals surface area contributed by atoms with Gasteiger partial charge in [-0.15, -0.1) is 0 Å². The number of carbonyl (C=O) groups is 3. The molecule has 3 N–H and O–H groups in total. The molecule has 0 bridgehead atoms. The van der Waals surface area contributed by atoms with Gasteiger partial charge in [0.1, 0.15) is 0 Å². The maximum atomic E-state index is 12.8. The number of aliphatic carboxylic acids is 1. The van der Waals surface area contributed by atoms with Crippen LogP contribution >= 0.6 is 0 Å². The Morgan fingerprint density at radius 3 is 2.44 bits per heavy atom. The highest BCUT2D eigenvalue weighted by Crippen LogP contribution is 2.23. The van der Waals surface area contributed by atoms with Crippen LogP contribution in [0.3, 0.4) is 0 Å². The normalized spacial score (nSPS) is 17.3. The fourth-order valence-corrected chi connectivity index (χ4v) is 3.47. The summed E-state index contributed by atoms with van der Waals surface area (Å²) in [6, 6.07) is 8.98. The summed E-state index contributed by atoms with van der Waals surface area (Å²) >= 11 is 0. The van der Waals surface area contributed by atoms with Crippen molar-refractivity contribution in [1.29, 1.82) is 0 Å². The van der Waals surface area contributed by atoms with E-state index in [-0.39, 0.29) is 24.3 Å². The second kappa shape index (κ2) is 9.39. The van der Waals surface area contributed by atoms with E-state index in [1.165, 1.54) is 0 Å². The van der Waals surface area contributed by atoms with Crippen molar-refractivity contribution in [3.05, 3.63) is 30.3 Å². The van der Waals surface area contributed by atoms with Crippen LogP contribution in [0.25, 0.3) is 0 Å². The van der Waals surface area contributed by atoms with Crippen LogP contribution in [-0.4, -0.2) is 46.5 Å². The Balaban J connectivity index is 1.98. The van der Waals surface area contributed by atoms with E-state index in [9.17, 15) is 19.5 Å². The summed E-state index contributed by atoms with van der Waals surface area (Å²) in [6.07, 6.45) is 2.43. The van der Waals surface area contributed by atoms with E-state index in [1.807, 2.05) is 44.2 Å². The van der Waals surface area contributed by atoms with Crippen LogP contribution in [0.2, 0.25) is 0 Å². The lowest BCUT2D eigenvalue weighted by Gasteiger charge is -2.36. The number of hydrogen-bond donors (Lipinski definition) is 3. The predicted octanol–water partition coefficient (Wildman–Crippen LogP) is 3.08. The van der Waals surface area contributed by atoms with Crippen LogP contribution in [0, 0.1) is 5.92 Å². The number of piperidine rings is 1. The Morgan fingerprint density at radius 2 is 1.85 bits per heavy atom. The van der Waals surface area contributed by atoms with Crippen LogP contribution in [0.15, 0.2) is 30.3 Å². The molecule has 1 aliphatic rings. The molecular formula is C20H29N3O4. The maximum absolute atomic E-state index is 12.8. The number of carbonyl (C=O) groups excluding carboxylic acids is 2. The first-order valence-electron chi connectivity index (χ1n) is 9.54. The summed E-state index contributed by atoms with van der Waals surface area (Å²) in [6.45, 7) is 4.70. The lowest BCUT2D eigenvalue weighted by atomic mass is 9.87. The number of nitrogens with one attached hydrogen (secondary N) is 2. The van der Waals surface area contributed by atoms with Gasteiger partial charge < -0.3 is 20.6 Å². The van der Waals surface area contributed by atoms with Crippen LogP contribution in [-0.2, 0) is 9.59 Å². The molecular weight excluding hydrogens is 346 g/mol. The largest absolute Gasteiger partial charge is 0.481 e. The van der Waals surface area contributed by atoms with Gasteiger partial charge in [0.25, 0.3) is 0 Å². The molecule has 148 valence electrons. The zero-order valence-corrected chi connectivity index (χ0v) is 16.0. The third-order valence-electron chi connectivity index (χ3n) is 5.34. The molecule has 0 aliphatic carbocycles. The first-order valence-corrected chi connectivity index (χ1v) is 9.54. The zero-order chi connectivity index (χ0) is 19.9. The molecule has 7 heteroatoms. The standard InChI is InChI=1S/C20H29N3O4/c1-3-20(4-2,13-17(24)25)22-18(26)15-9-8-12-23(14-15)19(27)21-16-10-6-5-7-11-16/h5-7,10-11,15H,3-4,8-9,12-14H2,1-2H3,(H,21,27)(H,22,26)(H,24,25). The number of likely N-dealkylation sites (tertiary alicyclic amines) is 1. The van der Waals surface area contributed by atoms with Crippen molar-refractivity contribution in [1.82, 2.24) is 10.2 Å². The van der Waals surface area contributed by atoms with Crippen molar-refractivity contribution in [2.75, 3.05) is 18.4 Å². The molecule has 1 saturated heterocycles. The van der Waals surface area contributed by atoms with E-state index in [4.69, 9.17) is 0 Å². The molecule has 1 atom stereocenters. The fraction of sp³-hybridized carbons (Fsp3) is 0.550. The molecule has 1 aromatic rings. The number of carboxylic acid groups (broad SMARTS) is 1. The first-order chi connectivity index (χ1) is 12.9. The summed E-state index contributed by atoms with van der Waals surface area (Å²) < 4.78 is 0. The Labute approximate surface area is 160 Å². The van der Waals surface area contributed by atoms with Gasteiger partial charge in [0.2, 0.25) is 5.91 Å². The Hall–Kier alpha value is -2.57. The van der Waals surface area contributed by atoms with Gasteiger partial charge in [0.15, 0.2) is 0 Å². The zero-order valence-electron chi connectivity index (χ0n) is 16.0. The van der Waals surface area contributed by atoms with Crippen molar-refractivity contribution < 1.29 is 19.5 Å². The third-order valence-corrected chi connectivity index (χ3v) is 5.34. The summed E-state index contributed by atoms with van der Waals surface area (Å²) in [5.41, 5.74) is -0.0242. The van der Waals surface area contributed by atoms with Crippen LogP contribution < -0.4 is 10.6 Å². The average molecular weight is 375 g/mol. The molecule has 3 amide bonds. The molecule has 0 aromatic heterocycles. The average Bonchev–Trinajstić information content (AvgIpc) is 2.67. The smallest absolute Gasteiger partial charge is 0.321 e. The molecule has 0 radical (unpaired) electrons. The minimum absolute atomic E-state index is 0.101. The van der Waals surface area contributed by atoms with Gasteiger partial charge in [0.05, 0.1) is 12.3 Å². The molecule has 1 aromatic carbocycles. The Morgan fingerprint density at radius 1 is 1.19 bits per heavy atom. The van der Waals surface area contributed by atoms with Gasteiger partial charge in [-0.2, -0.15) is 0 Å². The number of amides is 3. The van der Waals surface area contributed by atoms with Gasteiger partial charge in [-0.05, 0) is 37.8 Å². The molecule has 1 unspecified atom stereocenters. The number of anilines is 1. The summed E-state index contributed by atoms with van der Waals surface area (Å²) in [4.78, 5) is 38.1. The van der Waals surface area contributed by atoms with E-state index in [1.54, 1.807) is 4.90 Å². The minimum Gasteiger partial charge on any atom is -0.481 e. The van der Waals surface area contributed by atoms with Crippen molar-refractivity contribution in [2.24, 2.45) is 5.92 Å². The maximum Gasteiger partial charge on any atom is 0.321 e. The lowest BCUT2D eigenvalue weighted by Crippen LogP contribution is -2.54. The second-order valence-electron chi connectivity index (χ2n) is 7.13. The van der Waals surface area contributed by atoms with Crippen molar-refractivity contribution in [3.8, 4) is 0 Å². The molecule has 27 heavy (non-hydrogen) atoms. The second-order valence-corrected chi connectivity index (χ2v) is 7.13. The highest BCUT2D eigenvalue weighted by atomic mass is 16.4. The van der Waals surface area contributed by atoms with E-state index < -0.39 is 11.5 Å². The van der Waals surface area contributed by atoms with Crippen LogP contribution in [0.5, 0.6) is 0 Å². The Kier molecular flexibility index (Phi) is 7.21. The van der Waals surface area contributed by atoms with Crippen molar-refractivity contribution in [2.45, 2.75) is 51.5 Å². The molecule has 0 saturated carbocycles. The molecule has 2 rings (SSSR count). The highest BCUT2D eigenvalue weighted by Gasteiger charge is 2.35. The molecule has 1 heterocycles. The van der Waals surface area contributed by atoms with Gasteiger partial charge in [-0.3, -0.25) is 9.59 Å². The van der Waals surface area contributed by atoms with Gasteiger partial charge in [-0.1, -0.05) is 32.0 Å². The Bertz CT molecular complexity index is 658. The number of para-hydroxylation sites is 1. The number of carboxylic acids is 1. The first kappa shape index (κ1) is 20.7. The van der Waals surface area contributed by atoms with Crippen LogP contribution in [0.1, 0.15) is 46.0 Å². The molecule has 1 fully saturated rings. The van der Waals surface area contributed by atoms with E-state index in [0.717, 1.165) is 6.42 Å². The third kappa shape index (κ3) is 5.70. The van der Waals surface area contributed by atoms with Gasteiger partial charge >= 0.3 is 12.0 Å². The highest BCUT2D eigenvalue weighted by molar-refractivity contribution is 5.90. The molecule has 1 aliphatic heterocycles. The number of rotatable bonds is 7. The lowest BCUT2D eigenvalue weighted by molar-refractivity contribution is -0.139. The number of urea groups is 1. The number of benzene rings is 1. The SMILES string of the molecule is CCC(CC)(CC(=O)O)NC(=O)C1CCCN(C(=O)Nc2ccccc2)C1. The summed E-state index contributed by atoms with van der Waals surface area (Å²) in [5, 5.41) is 15.0. The van der Waals surface area contributed by atoms with E-state index in [0.29, 0.717) is 38.0 Å². The minimum atomic E-state index is -0.925. The van der Waals surface area contributed by atoms with Gasteiger partial charge in [0, 0.05) is 24.3 Å².